The summed E-state index contributed by atoms with van der Waals surface area (Å²) in [6.07, 6.45) is 1.31. The van der Waals surface area contributed by atoms with E-state index in [1.54, 1.807) is 0 Å². The SMILES string of the molecule is CCC(N)Cc1cc(F)c(N2CCSCC2C)c(F)c1. The van der Waals surface area contributed by atoms with Crippen LogP contribution in [0, 0.1) is 11.6 Å². The molecule has 0 aromatic heterocycles. The lowest BCUT2D eigenvalue weighted by atomic mass is 10.0. The maximum Gasteiger partial charge on any atom is 0.149 e. The maximum atomic E-state index is 14.3. The first-order valence-electron chi connectivity index (χ1n) is 7.10. The van der Waals surface area contributed by atoms with Gasteiger partial charge in [-0.15, -0.1) is 0 Å². The number of benzene rings is 1. The molecule has 2 atom stereocenters. The van der Waals surface area contributed by atoms with E-state index in [-0.39, 0.29) is 17.8 Å². The molecule has 1 heterocycles. The Labute approximate surface area is 123 Å². The van der Waals surface area contributed by atoms with E-state index in [4.69, 9.17) is 5.73 Å². The van der Waals surface area contributed by atoms with Gasteiger partial charge in [-0.1, -0.05) is 6.92 Å². The van der Waals surface area contributed by atoms with Crippen molar-refractivity contribution >= 4 is 17.4 Å². The Bertz CT molecular complexity index is 444. The first-order valence-corrected chi connectivity index (χ1v) is 8.26. The third-order valence-corrected chi connectivity index (χ3v) is 4.94. The van der Waals surface area contributed by atoms with Crippen LogP contribution in [0.4, 0.5) is 14.5 Å². The number of nitrogens with two attached hydrogens (primary N) is 1. The van der Waals surface area contributed by atoms with Crippen LogP contribution in [0.2, 0.25) is 0 Å². The molecular formula is C15H22F2N2S. The highest BCUT2D eigenvalue weighted by Gasteiger charge is 2.25. The van der Waals surface area contributed by atoms with E-state index in [0.717, 1.165) is 17.9 Å². The Kier molecular flexibility index (Phi) is 5.27. The molecule has 0 spiro atoms. The first kappa shape index (κ1) is 15.6. The third-order valence-electron chi connectivity index (χ3n) is 3.75. The Morgan fingerprint density at radius 3 is 2.60 bits per heavy atom. The summed E-state index contributed by atoms with van der Waals surface area (Å²) < 4.78 is 28.6. The number of nitrogens with zero attached hydrogens (tertiary/aromatic N) is 1. The van der Waals surface area contributed by atoms with Crippen LogP contribution in [0.15, 0.2) is 12.1 Å². The van der Waals surface area contributed by atoms with Crippen molar-refractivity contribution in [2.45, 2.75) is 38.8 Å². The van der Waals surface area contributed by atoms with Gasteiger partial charge < -0.3 is 10.6 Å². The normalized spacial score (nSPS) is 21.1. The highest BCUT2D eigenvalue weighted by atomic mass is 32.2. The fourth-order valence-corrected chi connectivity index (χ4v) is 3.53. The molecule has 0 bridgehead atoms. The Hall–Kier alpha value is -0.810. The number of halogens is 2. The fourth-order valence-electron chi connectivity index (χ4n) is 2.52. The molecule has 5 heteroatoms. The maximum absolute atomic E-state index is 14.3. The summed E-state index contributed by atoms with van der Waals surface area (Å²) in [5.41, 5.74) is 6.60. The van der Waals surface area contributed by atoms with E-state index in [2.05, 4.69) is 0 Å². The zero-order valence-electron chi connectivity index (χ0n) is 12.0. The van der Waals surface area contributed by atoms with Crippen molar-refractivity contribution in [3.05, 3.63) is 29.3 Å². The highest BCUT2D eigenvalue weighted by Crippen LogP contribution is 2.30. The van der Waals surface area contributed by atoms with E-state index in [1.807, 2.05) is 30.5 Å². The van der Waals surface area contributed by atoms with Gasteiger partial charge in [-0.25, -0.2) is 8.78 Å². The number of hydrogen-bond acceptors (Lipinski definition) is 3. The molecule has 1 aliphatic rings. The molecule has 1 fully saturated rings. The Morgan fingerprint density at radius 2 is 2.05 bits per heavy atom. The lowest BCUT2D eigenvalue weighted by Crippen LogP contribution is -2.41. The molecule has 2 unspecified atom stereocenters. The molecule has 1 saturated heterocycles. The molecule has 1 aromatic carbocycles. The minimum Gasteiger partial charge on any atom is -0.362 e. The topological polar surface area (TPSA) is 29.3 Å². The van der Waals surface area contributed by atoms with E-state index in [0.29, 0.717) is 18.5 Å². The fraction of sp³-hybridized carbons (Fsp3) is 0.600. The molecule has 2 N–H and O–H groups in total. The second-order valence-electron chi connectivity index (χ2n) is 5.40. The average molecular weight is 300 g/mol. The van der Waals surface area contributed by atoms with E-state index in [9.17, 15) is 8.78 Å². The van der Waals surface area contributed by atoms with Gasteiger partial charge in [0.05, 0.1) is 0 Å². The number of anilines is 1. The second-order valence-corrected chi connectivity index (χ2v) is 6.55. The van der Waals surface area contributed by atoms with Crippen LogP contribution in [0.1, 0.15) is 25.8 Å². The summed E-state index contributed by atoms with van der Waals surface area (Å²) in [5.74, 6) is 0.872. The van der Waals surface area contributed by atoms with Crippen molar-refractivity contribution in [1.29, 1.82) is 0 Å². The zero-order chi connectivity index (χ0) is 14.7. The summed E-state index contributed by atoms with van der Waals surface area (Å²) in [6, 6.07) is 2.97. The molecule has 0 aliphatic carbocycles. The average Bonchev–Trinajstić information content (AvgIpc) is 2.40. The van der Waals surface area contributed by atoms with E-state index >= 15 is 0 Å². The molecule has 0 amide bonds. The van der Waals surface area contributed by atoms with Crippen LogP contribution in [-0.4, -0.2) is 30.1 Å². The molecule has 2 rings (SSSR count). The minimum atomic E-state index is -0.470. The van der Waals surface area contributed by atoms with Crippen LogP contribution in [0.3, 0.4) is 0 Å². The molecule has 0 saturated carbocycles. The predicted molar refractivity (Wildman–Crippen MR) is 82.5 cm³/mol. The van der Waals surface area contributed by atoms with Gasteiger partial charge in [0.15, 0.2) is 0 Å². The van der Waals surface area contributed by atoms with Crippen molar-refractivity contribution in [2.24, 2.45) is 5.73 Å². The van der Waals surface area contributed by atoms with Gasteiger partial charge in [0, 0.05) is 30.1 Å². The summed E-state index contributed by atoms with van der Waals surface area (Å²) >= 11 is 1.82. The summed E-state index contributed by atoms with van der Waals surface area (Å²) in [7, 11) is 0. The van der Waals surface area contributed by atoms with Crippen LogP contribution < -0.4 is 10.6 Å². The number of hydrogen-bond donors (Lipinski definition) is 1. The molecule has 0 radical (unpaired) electrons. The van der Waals surface area contributed by atoms with Gasteiger partial charge in [0.25, 0.3) is 0 Å². The van der Waals surface area contributed by atoms with Gasteiger partial charge >= 0.3 is 0 Å². The van der Waals surface area contributed by atoms with Crippen molar-refractivity contribution in [2.75, 3.05) is 23.0 Å². The second kappa shape index (κ2) is 6.76. The third kappa shape index (κ3) is 3.44. The summed E-state index contributed by atoms with van der Waals surface area (Å²) in [4.78, 5) is 1.84. The standard InChI is InChI=1S/C15H22F2N2S/c1-3-12(18)6-11-7-13(16)15(14(17)8-11)19-4-5-20-9-10(19)2/h7-8,10,12H,3-6,9,18H2,1-2H3. The Morgan fingerprint density at radius 1 is 1.40 bits per heavy atom. The van der Waals surface area contributed by atoms with Gasteiger partial charge in [0.2, 0.25) is 0 Å². The van der Waals surface area contributed by atoms with E-state index in [1.165, 1.54) is 12.1 Å². The quantitative estimate of drug-likeness (QED) is 0.926. The molecule has 20 heavy (non-hydrogen) atoms. The summed E-state index contributed by atoms with van der Waals surface area (Å²) in [5, 5.41) is 0. The van der Waals surface area contributed by atoms with E-state index < -0.39 is 11.6 Å². The van der Waals surface area contributed by atoms with Gasteiger partial charge in [-0.2, -0.15) is 11.8 Å². The van der Waals surface area contributed by atoms with Crippen LogP contribution in [0.5, 0.6) is 0 Å². The highest BCUT2D eigenvalue weighted by molar-refractivity contribution is 7.99. The molecule has 1 aliphatic heterocycles. The van der Waals surface area contributed by atoms with Crippen molar-refractivity contribution in [3.63, 3.8) is 0 Å². The van der Waals surface area contributed by atoms with Crippen molar-refractivity contribution in [3.8, 4) is 0 Å². The van der Waals surface area contributed by atoms with Gasteiger partial charge in [-0.3, -0.25) is 0 Å². The molecule has 2 nitrogen and oxygen atoms in total. The minimum absolute atomic E-state index is 0.0510. The van der Waals surface area contributed by atoms with Crippen LogP contribution >= 0.6 is 11.8 Å². The lowest BCUT2D eigenvalue weighted by Gasteiger charge is -2.35. The van der Waals surface area contributed by atoms with Crippen LogP contribution in [0.25, 0.3) is 0 Å². The number of thioether (sulfide) groups is 1. The van der Waals surface area contributed by atoms with Gasteiger partial charge in [0.1, 0.15) is 17.3 Å². The zero-order valence-corrected chi connectivity index (χ0v) is 12.9. The Balaban J connectivity index is 2.26. The summed E-state index contributed by atoms with van der Waals surface area (Å²) in [6.45, 7) is 4.66. The molecule has 1 aromatic rings. The lowest BCUT2D eigenvalue weighted by molar-refractivity contribution is 0.551. The number of rotatable bonds is 4. The largest absolute Gasteiger partial charge is 0.362 e. The van der Waals surface area contributed by atoms with Crippen molar-refractivity contribution in [1.82, 2.24) is 0 Å². The molecule has 112 valence electrons. The van der Waals surface area contributed by atoms with Gasteiger partial charge in [-0.05, 0) is 37.5 Å². The smallest absolute Gasteiger partial charge is 0.149 e. The van der Waals surface area contributed by atoms with Crippen molar-refractivity contribution < 1.29 is 8.78 Å². The first-order chi connectivity index (χ1) is 9.52. The van der Waals surface area contributed by atoms with Crippen LogP contribution in [-0.2, 0) is 6.42 Å². The predicted octanol–water partition coefficient (Wildman–Crippen LogP) is 3.19. The molecular weight excluding hydrogens is 278 g/mol. The monoisotopic (exact) mass is 300 g/mol.